The topological polar surface area (TPSA) is 78.4 Å². The molecule has 0 atom stereocenters. The second-order valence-corrected chi connectivity index (χ2v) is 7.58. The van der Waals surface area contributed by atoms with Crippen LogP contribution in [-0.2, 0) is 4.74 Å². The highest BCUT2D eigenvalue weighted by atomic mass is 32.2. The Morgan fingerprint density at radius 2 is 1.90 bits per heavy atom. The smallest absolute Gasteiger partial charge is 0.283 e. The Labute approximate surface area is 178 Å². The molecule has 0 unspecified atom stereocenters. The third kappa shape index (κ3) is 3.64. The molecule has 156 valence electrons. The molecule has 7 nitrogen and oxygen atoms in total. The third-order valence-electron chi connectivity index (χ3n) is 4.78. The molecule has 2 heterocycles. The van der Waals surface area contributed by atoms with E-state index in [0.29, 0.717) is 52.3 Å². The summed E-state index contributed by atoms with van der Waals surface area (Å²) in [6.45, 7) is 3.19. The molecule has 0 bridgehead atoms. The molecule has 0 aliphatic carbocycles. The summed E-state index contributed by atoms with van der Waals surface area (Å²) >= 11 is 1.49. The number of ether oxygens (including phenoxy) is 3. The Kier molecular flexibility index (Phi) is 5.96. The van der Waals surface area contributed by atoms with Gasteiger partial charge in [-0.1, -0.05) is 30.0 Å². The molecule has 1 N–H and O–H groups in total. The summed E-state index contributed by atoms with van der Waals surface area (Å²) in [6, 6.07) is 13.2. The summed E-state index contributed by atoms with van der Waals surface area (Å²) in [5, 5.41) is 1.53. The highest BCUT2D eigenvalue weighted by Crippen LogP contribution is 2.31. The van der Waals surface area contributed by atoms with Gasteiger partial charge in [0.25, 0.3) is 5.56 Å². The molecule has 0 spiro atoms. The third-order valence-corrected chi connectivity index (χ3v) is 5.69. The van der Waals surface area contributed by atoms with E-state index in [2.05, 4.69) is 4.98 Å². The van der Waals surface area contributed by atoms with Crippen molar-refractivity contribution in [2.24, 2.45) is 0 Å². The zero-order valence-electron chi connectivity index (χ0n) is 17.1. The van der Waals surface area contributed by atoms with Gasteiger partial charge in [-0.3, -0.25) is 9.36 Å². The lowest BCUT2D eigenvalue weighted by atomic mass is 10.2. The molecular weight excluding hydrogens is 402 g/mol. The number of para-hydroxylation sites is 1. The molecule has 0 radical (unpaired) electrons. The number of rotatable bonds is 8. The first kappa shape index (κ1) is 20.3. The van der Waals surface area contributed by atoms with Crippen LogP contribution in [0.4, 0.5) is 0 Å². The van der Waals surface area contributed by atoms with Gasteiger partial charge in [0, 0.05) is 29.3 Å². The molecule has 30 heavy (non-hydrogen) atoms. The van der Waals surface area contributed by atoms with Crippen molar-refractivity contribution < 1.29 is 14.2 Å². The van der Waals surface area contributed by atoms with Gasteiger partial charge in [-0.2, -0.15) is 0 Å². The van der Waals surface area contributed by atoms with Gasteiger partial charge < -0.3 is 19.2 Å². The van der Waals surface area contributed by atoms with Crippen LogP contribution in [0, 0.1) is 0 Å². The summed E-state index contributed by atoms with van der Waals surface area (Å²) in [4.78, 5) is 21.6. The minimum absolute atomic E-state index is 0.165. The predicted molar refractivity (Wildman–Crippen MR) is 120 cm³/mol. The van der Waals surface area contributed by atoms with E-state index in [1.165, 1.54) is 11.8 Å². The van der Waals surface area contributed by atoms with E-state index in [1.54, 1.807) is 30.9 Å². The molecule has 0 amide bonds. The van der Waals surface area contributed by atoms with E-state index in [-0.39, 0.29) is 5.56 Å². The van der Waals surface area contributed by atoms with Crippen molar-refractivity contribution >= 4 is 33.7 Å². The quantitative estimate of drug-likeness (QED) is 0.261. The van der Waals surface area contributed by atoms with E-state index in [0.717, 1.165) is 10.9 Å². The van der Waals surface area contributed by atoms with E-state index in [9.17, 15) is 4.79 Å². The van der Waals surface area contributed by atoms with Crippen LogP contribution < -0.4 is 15.0 Å². The number of nitrogens with zero attached hydrogens (tertiary/aromatic N) is 2. The van der Waals surface area contributed by atoms with Crippen LogP contribution in [0.5, 0.6) is 11.5 Å². The molecule has 2 aromatic heterocycles. The van der Waals surface area contributed by atoms with Gasteiger partial charge in [0.15, 0.2) is 16.7 Å². The van der Waals surface area contributed by atoms with Crippen LogP contribution in [0.3, 0.4) is 0 Å². The number of nitrogens with one attached hydrogen (secondary N) is 1. The van der Waals surface area contributed by atoms with Gasteiger partial charge >= 0.3 is 0 Å². The van der Waals surface area contributed by atoms with Crippen LogP contribution >= 0.6 is 11.8 Å². The van der Waals surface area contributed by atoms with Crippen molar-refractivity contribution in [3.05, 3.63) is 52.8 Å². The van der Waals surface area contributed by atoms with Crippen LogP contribution in [0.2, 0.25) is 0 Å². The van der Waals surface area contributed by atoms with Crippen molar-refractivity contribution in [3.8, 4) is 17.2 Å². The zero-order chi connectivity index (χ0) is 21.1. The van der Waals surface area contributed by atoms with Gasteiger partial charge in [-0.05, 0) is 25.1 Å². The summed E-state index contributed by atoms with van der Waals surface area (Å²) in [5.41, 5.74) is 2.52. The Hall–Kier alpha value is -2.97. The second kappa shape index (κ2) is 8.81. The van der Waals surface area contributed by atoms with Crippen LogP contribution in [0.25, 0.3) is 27.6 Å². The Morgan fingerprint density at radius 3 is 2.67 bits per heavy atom. The summed E-state index contributed by atoms with van der Waals surface area (Å²) in [7, 11) is 3.15. The maximum Gasteiger partial charge on any atom is 0.283 e. The highest BCUT2D eigenvalue weighted by molar-refractivity contribution is 7.99. The lowest BCUT2D eigenvalue weighted by Gasteiger charge is -2.14. The van der Waals surface area contributed by atoms with Crippen LogP contribution in [0.1, 0.15) is 6.92 Å². The zero-order valence-corrected chi connectivity index (χ0v) is 17.9. The normalized spacial score (nSPS) is 11.3. The number of benzene rings is 2. The molecule has 0 fully saturated rings. The second-order valence-electron chi connectivity index (χ2n) is 6.51. The minimum atomic E-state index is -0.165. The van der Waals surface area contributed by atoms with Gasteiger partial charge in [0.2, 0.25) is 0 Å². The van der Waals surface area contributed by atoms with Crippen molar-refractivity contribution in [1.82, 2.24) is 14.5 Å². The Balaban J connectivity index is 1.93. The molecule has 4 rings (SSSR count). The number of aromatic nitrogens is 3. The number of hydrogen-bond donors (Lipinski definition) is 1. The first-order chi connectivity index (χ1) is 14.7. The van der Waals surface area contributed by atoms with Crippen LogP contribution in [0.15, 0.2) is 52.4 Å². The number of H-pyrrole nitrogens is 1. The van der Waals surface area contributed by atoms with E-state index in [4.69, 9.17) is 19.2 Å². The molecule has 2 aromatic carbocycles. The molecule has 0 aliphatic rings. The highest BCUT2D eigenvalue weighted by Gasteiger charge is 2.18. The minimum Gasteiger partial charge on any atom is -0.493 e. The van der Waals surface area contributed by atoms with E-state index >= 15 is 0 Å². The molecule has 8 heteroatoms. The fraction of sp³-hybridized carbons (Fsp3) is 0.273. The molecule has 0 saturated heterocycles. The molecule has 0 aliphatic heterocycles. The number of aromatic amines is 1. The average Bonchev–Trinajstić information content (AvgIpc) is 3.15. The number of hydrogen-bond acceptors (Lipinski definition) is 6. The largest absolute Gasteiger partial charge is 0.493 e. The number of methoxy groups -OCH3 is 2. The van der Waals surface area contributed by atoms with Crippen molar-refractivity contribution in [2.75, 3.05) is 33.2 Å². The molecule has 4 aromatic rings. The number of fused-ring (bicyclic) bond motifs is 3. The SMILES string of the molecule is CCOCCSc1nc2c([nH]c3ccccc32)c(=O)n1-c1ccc(OC)c(OC)c1. The van der Waals surface area contributed by atoms with Gasteiger partial charge in [-0.15, -0.1) is 0 Å². The fourth-order valence-corrected chi connectivity index (χ4v) is 4.22. The standard InChI is InChI=1S/C22H23N3O4S/c1-4-29-11-12-30-22-24-19-15-7-5-6-8-16(15)23-20(19)21(26)25(22)14-9-10-17(27-2)18(13-14)28-3/h5-10,13,23H,4,11-12H2,1-3H3. The van der Waals surface area contributed by atoms with Crippen molar-refractivity contribution in [1.29, 1.82) is 0 Å². The number of thioether (sulfide) groups is 1. The summed E-state index contributed by atoms with van der Waals surface area (Å²) in [5.74, 6) is 1.82. The lowest BCUT2D eigenvalue weighted by molar-refractivity contribution is 0.164. The maximum absolute atomic E-state index is 13.5. The van der Waals surface area contributed by atoms with E-state index < -0.39 is 0 Å². The van der Waals surface area contributed by atoms with Crippen molar-refractivity contribution in [2.45, 2.75) is 12.1 Å². The van der Waals surface area contributed by atoms with Gasteiger partial charge in [0.05, 0.1) is 26.5 Å². The monoisotopic (exact) mass is 425 g/mol. The van der Waals surface area contributed by atoms with Crippen molar-refractivity contribution in [3.63, 3.8) is 0 Å². The van der Waals surface area contributed by atoms with E-state index in [1.807, 2.05) is 37.3 Å². The van der Waals surface area contributed by atoms with Crippen LogP contribution in [-0.4, -0.2) is 47.7 Å². The first-order valence-electron chi connectivity index (χ1n) is 9.64. The predicted octanol–water partition coefficient (Wildman–Crippen LogP) is 4.01. The van der Waals surface area contributed by atoms with Gasteiger partial charge in [-0.25, -0.2) is 4.98 Å². The molecular formula is C22H23N3O4S. The Bertz CT molecular complexity index is 1250. The summed E-state index contributed by atoms with van der Waals surface area (Å²) in [6.07, 6.45) is 0. The fourth-order valence-electron chi connectivity index (χ4n) is 3.37. The van der Waals surface area contributed by atoms with Gasteiger partial charge in [0.1, 0.15) is 11.0 Å². The lowest BCUT2D eigenvalue weighted by Crippen LogP contribution is -2.22. The summed E-state index contributed by atoms with van der Waals surface area (Å²) < 4.78 is 17.8. The average molecular weight is 426 g/mol. The Morgan fingerprint density at radius 1 is 1.10 bits per heavy atom. The molecule has 0 saturated carbocycles. The maximum atomic E-state index is 13.5. The first-order valence-corrected chi connectivity index (χ1v) is 10.6.